The minimum atomic E-state index is -0.492. The first-order chi connectivity index (χ1) is 11.6. The van der Waals surface area contributed by atoms with Crippen LogP contribution in [0.4, 0.5) is 5.69 Å². The van der Waals surface area contributed by atoms with Crippen LogP contribution in [0.25, 0.3) is 0 Å². The van der Waals surface area contributed by atoms with E-state index in [1.165, 1.54) is 12.3 Å². The second kappa shape index (κ2) is 8.58. The van der Waals surface area contributed by atoms with E-state index < -0.39 is 5.91 Å². The third-order valence-corrected chi connectivity index (χ3v) is 3.70. The molecule has 0 unspecified atom stereocenters. The first-order valence-corrected chi connectivity index (χ1v) is 7.82. The van der Waals surface area contributed by atoms with E-state index in [9.17, 15) is 14.7 Å². The van der Waals surface area contributed by atoms with E-state index in [1.54, 1.807) is 23.1 Å². The normalized spacial score (nSPS) is 14.4. The molecule has 3 N–H and O–H groups in total. The monoisotopic (exact) mass is 328 g/mol. The summed E-state index contributed by atoms with van der Waals surface area (Å²) in [5.41, 5.74) is 0.320. The van der Waals surface area contributed by atoms with Crippen molar-refractivity contribution in [1.82, 2.24) is 10.2 Å². The van der Waals surface area contributed by atoms with Crippen molar-refractivity contribution in [2.45, 2.75) is 19.3 Å². The zero-order valence-electron chi connectivity index (χ0n) is 13.3. The standard InChI is InChI=1S/C17H20N4O3/c18-11-13(12-20-14-5-1-2-6-15(14)22)17(24)19-8-4-10-21-9-3-7-16(21)23/h1-2,5-6,12,20,22H,3-4,7-10H2,(H,19,24)/b13-12-. The molecule has 0 atom stereocenters. The maximum absolute atomic E-state index is 12.0. The van der Waals surface area contributed by atoms with Crippen molar-refractivity contribution >= 4 is 17.5 Å². The van der Waals surface area contributed by atoms with Gasteiger partial charge in [0.2, 0.25) is 5.91 Å². The van der Waals surface area contributed by atoms with Crippen molar-refractivity contribution in [1.29, 1.82) is 5.26 Å². The fraction of sp³-hybridized carbons (Fsp3) is 0.353. The molecule has 1 heterocycles. The summed E-state index contributed by atoms with van der Waals surface area (Å²) in [6, 6.07) is 8.35. The predicted molar refractivity (Wildman–Crippen MR) is 88.9 cm³/mol. The Morgan fingerprint density at radius 2 is 2.21 bits per heavy atom. The van der Waals surface area contributed by atoms with Crippen LogP contribution in [-0.4, -0.2) is 41.5 Å². The van der Waals surface area contributed by atoms with E-state index in [4.69, 9.17) is 5.26 Å². The highest BCUT2D eigenvalue weighted by molar-refractivity contribution is 5.97. The van der Waals surface area contributed by atoms with Crippen LogP contribution >= 0.6 is 0 Å². The smallest absolute Gasteiger partial charge is 0.263 e. The fourth-order valence-electron chi connectivity index (χ4n) is 2.40. The molecule has 0 bridgehead atoms. The Balaban J connectivity index is 1.78. The van der Waals surface area contributed by atoms with E-state index in [0.717, 1.165) is 13.0 Å². The number of nitriles is 1. The lowest BCUT2D eigenvalue weighted by Crippen LogP contribution is -2.31. The number of phenolic OH excluding ortho intramolecular Hbond substituents is 1. The molecule has 24 heavy (non-hydrogen) atoms. The summed E-state index contributed by atoms with van der Waals surface area (Å²) < 4.78 is 0. The van der Waals surface area contributed by atoms with Gasteiger partial charge in [0.05, 0.1) is 5.69 Å². The minimum absolute atomic E-state index is 0.0294. The van der Waals surface area contributed by atoms with Crippen LogP contribution in [0.15, 0.2) is 36.0 Å². The number of carbonyl (C=O) groups is 2. The number of anilines is 1. The number of amides is 2. The fourth-order valence-corrected chi connectivity index (χ4v) is 2.40. The van der Waals surface area contributed by atoms with E-state index in [1.807, 2.05) is 6.07 Å². The third kappa shape index (κ3) is 4.74. The molecule has 1 fully saturated rings. The first-order valence-electron chi connectivity index (χ1n) is 7.82. The maximum atomic E-state index is 12.0. The molecule has 1 aromatic rings. The number of hydrogen-bond donors (Lipinski definition) is 3. The van der Waals surface area contributed by atoms with Gasteiger partial charge in [-0.05, 0) is 25.0 Å². The van der Waals surface area contributed by atoms with Crippen LogP contribution in [0.3, 0.4) is 0 Å². The SMILES string of the molecule is N#C/C(=C/Nc1ccccc1O)C(=O)NCCCN1CCCC1=O. The van der Waals surface area contributed by atoms with Crippen LogP contribution < -0.4 is 10.6 Å². The molecule has 0 radical (unpaired) electrons. The molecule has 0 aromatic heterocycles. The molecule has 1 aliphatic heterocycles. The molecule has 7 nitrogen and oxygen atoms in total. The molecule has 2 amide bonds. The molecular formula is C17H20N4O3. The van der Waals surface area contributed by atoms with Gasteiger partial charge < -0.3 is 20.6 Å². The Kier molecular flexibility index (Phi) is 6.20. The second-order valence-electron chi connectivity index (χ2n) is 5.43. The number of hydrogen-bond acceptors (Lipinski definition) is 5. The van der Waals surface area contributed by atoms with Gasteiger partial charge in [-0.3, -0.25) is 9.59 Å². The Labute approximate surface area is 140 Å². The molecule has 126 valence electrons. The highest BCUT2D eigenvalue weighted by Gasteiger charge is 2.19. The summed E-state index contributed by atoms with van der Waals surface area (Å²) in [4.78, 5) is 25.2. The maximum Gasteiger partial charge on any atom is 0.263 e. The number of aromatic hydroxyl groups is 1. The number of para-hydroxylation sites is 2. The van der Waals surface area contributed by atoms with Gasteiger partial charge in [-0.15, -0.1) is 0 Å². The van der Waals surface area contributed by atoms with Gasteiger partial charge in [-0.2, -0.15) is 5.26 Å². The van der Waals surface area contributed by atoms with Crippen molar-refractivity contribution in [3.63, 3.8) is 0 Å². The highest BCUT2D eigenvalue weighted by atomic mass is 16.3. The number of phenols is 1. The summed E-state index contributed by atoms with van der Waals surface area (Å²) in [6.45, 7) is 1.78. The van der Waals surface area contributed by atoms with E-state index in [0.29, 0.717) is 31.6 Å². The van der Waals surface area contributed by atoms with E-state index in [2.05, 4.69) is 10.6 Å². The zero-order valence-corrected chi connectivity index (χ0v) is 13.3. The Morgan fingerprint density at radius 1 is 1.42 bits per heavy atom. The minimum Gasteiger partial charge on any atom is -0.506 e. The van der Waals surface area contributed by atoms with Crippen LogP contribution in [-0.2, 0) is 9.59 Å². The molecule has 2 rings (SSSR count). The van der Waals surface area contributed by atoms with Crippen LogP contribution in [0.2, 0.25) is 0 Å². The second-order valence-corrected chi connectivity index (χ2v) is 5.43. The highest BCUT2D eigenvalue weighted by Crippen LogP contribution is 2.21. The number of likely N-dealkylation sites (tertiary alicyclic amines) is 1. The number of nitrogens with zero attached hydrogens (tertiary/aromatic N) is 2. The Bertz CT molecular complexity index is 679. The van der Waals surface area contributed by atoms with E-state index in [-0.39, 0.29) is 17.2 Å². The molecule has 1 aromatic carbocycles. The quantitative estimate of drug-likeness (QED) is 0.303. The van der Waals surface area contributed by atoms with Crippen molar-refractivity contribution < 1.29 is 14.7 Å². The lowest BCUT2D eigenvalue weighted by molar-refractivity contribution is -0.127. The summed E-state index contributed by atoms with van der Waals surface area (Å²) in [5.74, 6) is -0.305. The van der Waals surface area contributed by atoms with Gasteiger partial charge in [0.15, 0.2) is 0 Å². The summed E-state index contributed by atoms with van der Waals surface area (Å²) in [6.07, 6.45) is 3.40. The van der Waals surface area contributed by atoms with Crippen molar-refractivity contribution in [3.05, 3.63) is 36.0 Å². The molecule has 1 aliphatic rings. The number of rotatable bonds is 7. The van der Waals surface area contributed by atoms with Crippen LogP contribution in [0, 0.1) is 11.3 Å². The third-order valence-electron chi connectivity index (χ3n) is 3.70. The number of nitrogens with one attached hydrogen (secondary N) is 2. The lowest BCUT2D eigenvalue weighted by atomic mass is 10.2. The topological polar surface area (TPSA) is 105 Å². The van der Waals surface area contributed by atoms with Gasteiger partial charge in [0, 0.05) is 32.3 Å². The average Bonchev–Trinajstić information content (AvgIpc) is 2.99. The molecule has 0 saturated carbocycles. The molecular weight excluding hydrogens is 308 g/mol. The van der Waals surface area contributed by atoms with Gasteiger partial charge >= 0.3 is 0 Å². The average molecular weight is 328 g/mol. The van der Waals surface area contributed by atoms with Gasteiger partial charge in [0.25, 0.3) is 5.91 Å². The van der Waals surface area contributed by atoms with Gasteiger partial charge in [0.1, 0.15) is 17.4 Å². The van der Waals surface area contributed by atoms with Crippen molar-refractivity contribution in [2.24, 2.45) is 0 Å². The lowest BCUT2D eigenvalue weighted by Gasteiger charge is -2.15. The largest absolute Gasteiger partial charge is 0.506 e. The summed E-state index contributed by atoms with van der Waals surface area (Å²) >= 11 is 0. The molecule has 1 saturated heterocycles. The van der Waals surface area contributed by atoms with Crippen molar-refractivity contribution in [3.8, 4) is 11.8 Å². The molecule has 0 aliphatic carbocycles. The summed E-state index contributed by atoms with van der Waals surface area (Å²) in [7, 11) is 0. The van der Waals surface area contributed by atoms with E-state index >= 15 is 0 Å². The van der Waals surface area contributed by atoms with Crippen LogP contribution in [0.1, 0.15) is 19.3 Å². The molecule has 7 heteroatoms. The summed E-state index contributed by atoms with van der Waals surface area (Å²) in [5, 5.41) is 24.1. The number of benzene rings is 1. The molecule has 0 spiro atoms. The van der Waals surface area contributed by atoms with Crippen LogP contribution in [0.5, 0.6) is 5.75 Å². The Hall–Kier alpha value is -3.01. The van der Waals surface area contributed by atoms with Crippen molar-refractivity contribution in [2.75, 3.05) is 25.0 Å². The number of carbonyl (C=O) groups excluding carboxylic acids is 2. The zero-order chi connectivity index (χ0) is 17.4. The Morgan fingerprint density at radius 3 is 2.88 bits per heavy atom. The first kappa shape index (κ1) is 17.3. The van der Waals surface area contributed by atoms with Gasteiger partial charge in [-0.25, -0.2) is 0 Å². The predicted octanol–water partition coefficient (Wildman–Crippen LogP) is 1.34. The van der Waals surface area contributed by atoms with Gasteiger partial charge in [-0.1, -0.05) is 12.1 Å².